The van der Waals surface area contributed by atoms with Crippen molar-refractivity contribution in [3.63, 3.8) is 0 Å². The average molecular weight is 464 g/mol. The summed E-state index contributed by atoms with van der Waals surface area (Å²) in [5.41, 5.74) is 9.97. The second-order valence-corrected chi connectivity index (χ2v) is 10.0. The van der Waals surface area contributed by atoms with E-state index < -0.39 is 12.1 Å². The Bertz CT molecular complexity index is 1190. The Morgan fingerprint density at radius 3 is 2.62 bits per heavy atom. The number of hydrogen-bond donors (Lipinski definition) is 4. The first-order chi connectivity index (χ1) is 16.2. The van der Waals surface area contributed by atoms with E-state index in [9.17, 15) is 9.90 Å². The molecule has 1 aromatic heterocycles. The van der Waals surface area contributed by atoms with Crippen LogP contribution in [0.15, 0.2) is 50.6 Å². The van der Waals surface area contributed by atoms with Crippen LogP contribution in [-0.4, -0.2) is 46.1 Å². The van der Waals surface area contributed by atoms with E-state index in [0.717, 1.165) is 35.4 Å². The number of aliphatic hydroxyl groups excluding tert-OH is 1. The molecule has 0 bridgehead atoms. The number of aromatic nitrogens is 1. The van der Waals surface area contributed by atoms with Gasteiger partial charge >= 0.3 is 6.03 Å². The maximum Gasteiger partial charge on any atom is 0.326 e. The third-order valence-electron chi connectivity index (χ3n) is 6.37. The zero-order chi connectivity index (χ0) is 24.0. The molecular weight excluding hydrogens is 434 g/mol. The van der Waals surface area contributed by atoms with Gasteiger partial charge in [-0.2, -0.15) is 5.10 Å². The molecule has 2 aliphatic heterocycles. The molecule has 10 heteroatoms. The van der Waals surface area contributed by atoms with Crippen LogP contribution >= 0.6 is 0 Å². The van der Waals surface area contributed by atoms with Gasteiger partial charge in [0, 0.05) is 23.1 Å². The molecule has 10 nitrogen and oxygen atoms in total. The summed E-state index contributed by atoms with van der Waals surface area (Å²) in [6.45, 7) is 6.61. The zero-order valence-electron chi connectivity index (χ0n) is 19.4. The molecule has 178 valence electrons. The van der Waals surface area contributed by atoms with Crippen molar-refractivity contribution >= 4 is 35.3 Å². The van der Waals surface area contributed by atoms with Crippen LogP contribution in [-0.2, 0) is 5.41 Å². The van der Waals surface area contributed by atoms with E-state index in [0.29, 0.717) is 24.0 Å². The van der Waals surface area contributed by atoms with Gasteiger partial charge in [0.25, 0.3) is 0 Å². The molecule has 0 saturated heterocycles. The molecule has 1 fully saturated rings. The quantitative estimate of drug-likeness (QED) is 0.536. The maximum absolute atomic E-state index is 12.4. The first-order valence-electron chi connectivity index (χ1n) is 11.4. The van der Waals surface area contributed by atoms with Crippen LogP contribution in [0.1, 0.15) is 44.9 Å². The van der Waals surface area contributed by atoms with Gasteiger partial charge in [0.05, 0.1) is 18.3 Å². The Morgan fingerprint density at radius 2 is 1.97 bits per heavy atom. The molecule has 5 N–H and O–H groups in total. The number of anilines is 2. The van der Waals surface area contributed by atoms with Crippen LogP contribution in [0.5, 0.6) is 0 Å². The molecule has 1 saturated carbocycles. The summed E-state index contributed by atoms with van der Waals surface area (Å²) in [4.78, 5) is 16.6. The summed E-state index contributed by atoms with van der Waals surface area (Å²) in [7, 11) is 0. The SMILES string of the molecule is CC(C)(C)c1cc(NC(=O)Nc2ccc(C3=C4C(N)=NC=NN4CC3C(O)C3CC3)cc2)on1. The van der Waals surface area contributed by atoms with Gasteiger partial charge in [0.1, 0.15) is 12.0 Å². The van der Waals surface area contributed by atoms with Gasteiger partial charge in [-0.05, 0) is 42.0 Å². The number of hydrazone groups is 1. The molecule has 2 amide bonds. The van der Waals surface area contributed by atoms with Crippen LogP contribution in [0, 0.1) is 11.8 Å². The fourth-order valence-electron chi connectivity index (χ4n) is 4.36. The third-order valence-corrected chi connectivity index (χ3v) is 6.37. The van der Waals surface area contributed by atoms with Gasteiger partial charge in [0.2, 0.25) is 5.88 Å². The Labute approximate surface area is 197 Å². The number of nitrogens with zero attached hydrogens (tertiary/aromatic N) is 4. The van der Waals surface area contributed by atoms with E-state index in [4.69, 9.17) is 10.3 Å². The summed E-state index contributed by atoms with van der Waals surface area (Å²) in [6.07, 6.45) is 3.05. The number of nitrogens with one attached hydrogen (secondary N) is 2. The summed E-state index contributed by atoms with van der Waals surface area (Å²) in [6, 6.07) is 8.72. The van der Waals surface area contributed by atoms with Gasteiger partial charge in [0.15, 0.2) is 5.84 Å². The van der Waals surface area contributed by atoms with Gasteiger partial charge < -0.3 is 20.7 Å². The molecule has 2 atom stereocenters. The number of hydrogen-bond acceptors (Lipinski definition) is 8. The lowest BCUT2D eigenvalue weighted by molar-refractivity contribution is 0.105. The molecular formula is C24H29N7O3. The molecule has 3 aliphatic rings. The van der Waals surface area contributed by atoms with E-state index in [1.165, 1.54) is 6.34 Å². The van der Waals surface area contributed by atoms with Crippen molar-refractivity contribution in [3.05, 3.63) is 47.3 Å². The Balaban J connectivity index is 1.33. The first kappa shape index (κ1) is 22.1. The number of carbonyl (C=O) groups excluding carboxylic acids is 1. The van der Waals surface area contributed by atoms with E-state index >= 15 is 0 Å². The van der Waals surface area contributed by atoms with Crippen LogP contribution in [0.3, 0.4) is 0 Å². The van der Waals surface area contributed by atoms with Crippen molar-refractivity contribution in [1.82, 2.24) is 10.2 Å². The lowest BCUT2D eigenvalue weighted by atomic mass is 9.87. The van der Waals surface area contributed by atoms with Crippen molar-refractivity contribution in [2.24, 2.45) is 27.7 Å². The van der Waals surface area contributed by atoms with Gasteiger partial charge in [-0.1, -0.05) is 38.1 Å². The lowest BCUT2D eigenvalue weighted by Gasteiger charge is -2.21. The highest BCUT2D eigenvalue weighted by Crippen LogP contribution is 2.45. The molecule has 1 aromatic carbocycles. The highest BCUT2D eigenvalue weighted by molar-refractivity contribution is 6.08. The summed E-state index contributed by atoms with van der Waals surface area (Å²) in [5.74, 6) is 0.862. The van der Waals surface area contributed by atoms with Crippen molar-refractivity contribution < 1.29 is 14.4 Å². The van der Waals surface area contributed by atoms with Crippen molar-refractivity contribution in [1.29, 1.82) is 0 Å². The molecule has 2 aromatic rings. The highest BCUT2D eigenvalue weighted by Gasteiger charge is 2.44. The summed E-state index contributed by atoms with van der Waals surface area (Å²) < 4.78 is 5.21. The number of aliphatic imine (C=N–C) groups is 1. The van der Waals surface area contributed by atoms with E-state index in [2.05, 4.69) is 25.9 Å². The molecule has 5 rings (SSSR count). The van der Waals surface area contributed by atoms with E-state index in [-0.39, 0.29) is 17.2 Å². The maximum atomic E-state index is 12.4. The summed E-state index contributed by atoms with van der Waals surface area (Å²) in [5, 5.41) is 26.6. The van der Waals surface area contributed by atoms with E-state index in [1.54, 1.807) is 6.07 Å². The second-order valence-electron chi connectivity index (χ2n) is 10.0. The molecule has 2 unspecified atom stereocenters. The van der Waals surface area contributed by atoms with Gasteiger partial charge in [-0.25, -0.2) is 9.79 Å². The molecule has 34 heavy (non-hydrogen) atoms. The normalized spacial score (nSPS) is 20.8. The Kier molecular flexibility index (Phi) is 5.40. The molecule has 0 spiro atoms. The molecule has 3 heterocycles. The van der Waals surface area contributed by atoms with Crippen LogP contribution in [0.25, 0.3) is 5.57 Å². The predicted octanol–water partition coefficient (Wildman–Crippen LogP) is 3.34. The second kappa shape index (κ2) is 8.28. The molecule has 0 radical (unpaired) electrons. The number of rotatable bonds is 5. The van der Waals surface area contributed by atoms with Crippen LogP contribution < -0.4 is 16.4 Å². The zero-order valence-corrected chi connectivity index (χ0v) is 19.4. The van der Waals surface area contributed by atoms with Crippen molar-refractivity contribution in [2.45, 2.75) is 45.1 Å². The number of amidine groups is 1. The fraction of sp³-hybridized carbons (Fsp3) is 0.417. The summed E-state index contributed by atoms with van der Waals surface area (Å²) >= 11 is 0. The highest BCUT2D eigenvalue weighted by atomic mass is 16.5. The van der Waals surface area contributed by atoms with Gasteiger partial charge in [-0.3, -0.25) is 10.3 Å². The topological polar surface area (TPSA) is 141 Å². The number of aliphatic hydroxyl groups is 1. The number of nitrogens with two attached hydrogens (primary N) is 1. The van der Waals surface area contributed by atoms with E-state index in [1.807, 2.05) is 50.0 Å². The third kappa shape index (κ3) is 4.28. The van der Waals surface area contributed by atoms with Gasteiger partial charge in [-0.15, -0.1) is 0 Å². The largest absolute Gasteiger partial charge is 0.392 e. The number of benzene rings is 1. The number of amides is 2. The number of urea groups is 1. The van der Waals surface area contributed by atoms with Crippen LogP contribution in [0.4, 0.5) is 16.4 Å². The monoisotopic (exact) mass is 463 g/mol. The lowest BCUT2D eigenvalue weighted by Crippen LogP contribution is -2.30. The Morgan fingerprint density at radius 1 is 1.24 bits per heavy atom. The van der Waals surface area contributed by atoms with Crippen molar-refractivity contribution in [2.75, 3.05) is 17.2 Å². The minimum absolute atomic E-state index is 0.114. The minimum atomic E-state index is -0.459. The van der Waals surface area contributed by atoms with Crippen molar-refractivity contribution in [3.8, 4) is 0 Å². The Hall–Kier alpha value is -3.66. The minimum Gasteiger partial charge on any atom is -0.392 e. The fourth-order valence-corrected chi connectivity index (χ4v) is 4.36. The standard InChI is InChI=1S/C24H29N7O3/c1-24(2,3)17-10-18(34-30-17)29-23(33)28-15-8-6-13(7-9-15)19-16(21(32)14-4-5-14)11-31-20(19)22(25)26-12-27-31/h6-10,12,14,16,21,32H,4-5,11H2,1-3H3,(H2,25,26,27)(H2,28,29,33). The predicted molar refractivity (Wildman–Crippen MR) is 130 cm³/mol. The number of carbonyl (C=O) groups is 1. The molecule has 1 aliphatic carbocycles. The smallest absolute Gasteiger partial charge is 0.326 e. The first-order valence-corrected chi connectivity index (χ1v) is 11.4. The number of fused-ring (bicyclic) bond motifs is 1. The average Bonchev–Trinajstić information content (AvgIpc) is 3.39. The van der Waals surface area contributed by atoms with Crippen LogP contribution in [0.2, 0.25) is 0 Å².